The topological polar surface area (TPSA) is 30.5 Å². The molecule has 84 valence electrons. The lowest BCUT2D eigenvalue weighted by Crippen LogP contribution is -2.36. The molecule has 1 N–H and O–H groups in total. The van der Waals surface area contributed by atoms with Crippen molar-refractivity contribution in [3.63, 3.8) is 0 Å². The Labute approximate surface area is 87.5 Å². The number of nitrogens with one attached hydrogen (secondary N) is 1. The molecule has 0 aliphatic carbocycles. The van der Waals surface area contributed by atoms with Crippen LogP contribution in [0, 0.1) is 0 Å². The number of hydrogen-bond acceptors (Lipinski definition) is 3. The highest BCUT2D eigenvalue weighted by Crippen LogP contribution is 1.96. The summed E-state index contributed by atoms with van der Waals surface area (Å²) in [5.74, 6) is 0. The molecule has 1 atom stereocenters. The quantitative estimate of drug-likeness (QED) is 0.457. The molecule has 0 saturated carbocycles. The van der Waals surface area contributed by atoms with E-state index in [1.165, 1.54) is 0 Å². The Hall–Kier alpha value is -0.380. The van der Waals surface area contributed by atoms with Crippen LogP contribution in [0.2, 0.25) is 0 Å². The largest absolute Gasteiger partial charge is 0.352 e. The third kappa shape index (κ3) is 7.06. The van der Waals surface area contributed by atoms with Crippen LogP contribution in [-0.4, -0.2) is 32.1 Å². The summed E-state index contributed by atoms with van der Waals surface area (Å²) in [6.45, 7) is 11.9. The first-order chi connectivity index (χ1) is 6.74. The Morgan fingerprint density at radius 2 is 1.86 bits per heavy atom. The van der Waals surface area contributed by atoms with Crippen LogP contribution in [-0.2, 0) is 9.47 Å². The number of ether oxygens (including phenoxy) is 2. The summed E-state index contributed by atoms with van der Waals surface area (Å²) < 4.78 is 10.8. The molecule has 1 unspecified atom stereocenters. The van der Waals surface area contributed by atoms with Gasteiger partial charge in [-0.1, -0.05) is 6.08 Å². The Bertz CT molecular complexity index is 133. The van der Waals surface area contributed by atoms with E-state index in [4.69, 9.17) is 9.47 Å². The summed E-state index contributed by atoms with van der Waals surface area (Å²) in [5.41, 5.74) is 0. The highest BCUT2D eigenvalue weighted by Gasteiger charge is 2.08. The van der Waals surface area contributed by atoms with Crippen LogP contribution in [0.5, 0.6) is 0 Å². The first-order valence-electron chi connectivity index (χ1n) is 5.32. The van der Waals surface area contributed by atoms with Crippen molar-refractivity contribution in [3.05, 3.63) is 12.7 Å². The van der Waals surface area contributed by atoms with Gasteiger partial charge < -0.3 is 14.8 Å². The van der Waals surface area contributed by atoms with Crippen LogP contribution in [0.25, 0.3) is 0 Å². The van der Waals surface area contributed by atoms with Gasteiger partial charge >= 0.3 is 0 Å². The molecule has 0 amide bonds. The van der Waals surface area contributed by atoms with Crippen molar-refractivity contribution < 1.29 is 9.47 Å². The van der Waals surface area contributed by atoms with E-state index in [0.29, 0.717) is 19.3 Å². The van der Waals surface area contributed by atoms with E-state index in [2.05, 4.69) is 18.8 Å². The molecule has 0 spiro atoms. The highest BCUT2D eigenvalue weighted by atomic mass is 16.7. The van der Waals surface area contributed by atoms with E-state index < -0.39 is 0 Å². The van der Waals surface area contributed by atoms with Crippen molar-refractivity contribution in [2.24, 2.45) is 0 Å². The summed E-state index contributed by atoms with van der Waals surface area (Å²) in [6, 6.07) is 0.427. The van der Waals surface area contributed by atoms with Crippen LogP contribution in [0.4, 0.5) is 0 Å². The Balaban J connectivity index is 3.62. The summed E-state index contributed by atoms with van der Waals surface area (Å²) in [4.78, 5) is 0. The summed E-state index contributed by atoms with van der Waals surface area (Å²) in [6.07, 6.45) is 2.75. The van der Waals surface area contributed by atoms with Crippen LogP contribution in [0.3, 0.4) is 0 Å². The van der Waals surface area contributed by atoms with E-state index in [9.17, 15) is 0 Å². The first kappa shape index (κ1) is 13.6. The van der Waals surface area contributed by atoms with Gasteiger partial charge in [0.15, 0.2) is 6.29 Å². The van der Waals surface area contributed by atoms with Gasteiger partial charge in [-0.05, 0) is 27.2 Å². The maximum Gasteiger partial charge on any atom is 0.169 e. The van der Waals surface area contributed by atoms with E-state index in [1.807, 2.05) is 19.9 Å². The average molecular weight is 201 g/mol. The van der Waals surface area contributed by atoms with Gasteiger partial charge in [0.25, 0.3) is 0 Å². The zero-order chi connectivity index (χ0) is 10.8. The lowest BCUT2D eigenvalue weighted by atomic mass is 10.2. The molecule has 0 bridgehead atoms. The monoisotopic (exact) mass is 201 g/mol. The number of hydrogen-bond donors (Lipinski definition) is 1. The third-order valence-electron chi connectivity index (χ3n) is 1.86. The molecule has 0 heterocycles. The van der Waals surface area contributed by atoms with Crippen LogP contribution in [0.15, 0.2) is 12.7 Å². The summed E-state index contributed by atoms with van der Waals surface area (Å²) in [5, 5.41) is 3.33. The first-order valence-corrected chi connectivity index (χ1v) is 5.32. The fraction of sp³-hybridized carbons (Fsp3) is 0.818. The predicted octanol–water partition coefficient (Wildman–Crippen LogP) is 1.94. The Kier molecular flexibility index (Phi) is 8.94. The normalized spacial score (nSPS) is 13.1. The SMILES string of the molecule is C=CCC(C)NCC(OCC)OCC. The maximum atomic E-state index is 5.40. The summed E-state index contributed by atoms with van der Waals surface area (Å²) in [7, 11) is 0. The molecule has 3 nitrogen and oxygen atoms in total. The van der Waals surface area contributed by atoms with Gasteiger partial charge in [0, 0.05) is 25.8 Å². The minimum atomic E-state index is -0.128. The predicted molar refractivity (Wildman–Crippen MR) is 59.3 cm³/mol. The fourth-order valence-corrected chi connectivity index (χ4v) is 1.17. The zero-order valence-corrected chi connectivity index (χ0v) is 9.58. The molecule has 0 rings (SSSR count). The maximum absolute atomic E-state index is 5.40. The third-order valence-corrected chi connectivity index (χ3v) is 1.86. The molecule has 0 aromatic carbocycles. The van der Waals surface area contributed by atoms with Crippen molar-refractivity contribution in [3.8, 4) is 0 Å². The molecular weight excluding hydrogens is 178 g/mol. The molecule has 0 saturated heterocycles. The van der Waals surface area contributed by atoms with E-state index in [1.54, 1.807) is 0 Å². The highest BCUT2D eigenvalue weighted by molar-refractivity contribution is 4.74. The molecule has 14 heavy (non-hydrogen) atoms. The van der Waals surface area contributed by atoms with Gasteiger partial charge in [0.05, 0.1) is 0 Å². The van der Waals surface area contributed by atoms with Crippen molar-refractivity contribution in [2.45, 2.75) is 39.5 Å². The molecule has 0 aliphatic rings. The smallest absolute Gasteiger partial charge is 0.169 e. The van der Waals surface area contributed by atoms with Crippen molar-refractivity contribution in [2.75, 3.05) is 19.8 Å². The Morgan fingerprint density at radius 3 is 2.29 bits per heavy atom. The second-order valence-electron chi connectivity index (χ2n) is 3.17. The minimum Gasteiger partial charge on any atom is -0.352 e. The lowest BCUT2D eigenvalue weighted by molar-refractivity contribution is -0.133. The second-order valence-corrected chi connectivity index (χ2v) is 3.17. The van der Waals surface area contributed by atoms with E-state index in [-0.39, 0.29) is 6.29 Å². The van der Waals surface area contributed by atoms with E-state index >= 15 is 0 Å². The van der Waals surface area contributed by atoms with Gasteiger partial charge in [0.1, 0.15) is 0 Å². The average Bonchev–Trinajstić information content (AvgIpc) is 2.15. The van der Waals surface area contributed by atoms with Gasteiger partial charge in [-0.15, -0.1) is 6.58 Å². The molecule has 0 aromatic rings. The van der Waals surface area contributed by atoms with Gasteiger partial charge in [-0.2, -0.15) is 0 Å². The zero-order valence-electron chi connectivity index (χ0n) is 9.58. The molecular formula is C11H23NO2. The van der Waals surface area contributed by atoms with Crippen LogP contribution >= 0.6 is 0 Å². The van der Waals surface area contributed by atoms with Crippen LogP contribution in [0.1, 0.15) is 27.2 Å². The minimum absolute atomic E-state index is 0.128. The van der Waals surface area contributed by atoms with Crippen molar-refractivity contribution in [1.29, 1.82) is 0 Å². The van der Waals surface area contributed by atoms with Gasteiger partial charge in [0.2, 0.25) is 0 Å². The lowest BCUT2D eigenvalue weighted by Gasteiger charge is -2.19. The van der Waals surface area contributed by atoms with Crippen molar-refractivity contribution in [1.82, 2.24) is 5.32 Å². The fourth-order valence-electron chi connectivity index (χ4n) is 1.17. The van der Waals surface area contributed by atoms with Gasteiger partial charge in [-0.25, -0.2) is 0 Å². The standard InChI is InChI=1S/C11H23NO2/c1-5-8-10(4)12-9-11(13-6-2)14-7-3/h5,10-12H,1,6-9H2,2-4H3. The molecule has 0 fully saturated rings. The molecule has 3 heteroatoms. The second kappa shape index (κ2) is 9.19. The number of rotatable bonds is 9. The molecule has 0 radical (unpaired) electrons. The van der Waals surface area contributed by atoms with Gasteiger partial charge in [-0.3, -0.25) is 0 Å². The van der Waals surface area contributed by atoms with Crippen molar-refractivity contribution >= 4 is 0 Å². The Morgan fingerprint density at radius 1 is 1.29 bits per heavy atom. The molecule has 0 aliphatic heterocycles. The van der Waals surface area contributed by atoms with Crippen LogP contribution < -0.4 is 5.32 Å². The van der Waals surface area contributed by atoms with E-state index in [0.717, 1.165) is 13.0 Å². The molecule has 0 aromatic heterocycles. The summed E-state index contributed by atoms with van der Waals surface area (Å²) >= 11 is 0.